The molecule has 1 spiro atoms. The summed E-state index contributed by atoms with van der Waals surface area (Å²) in [5, 5.41) is 14.7. The van der Waals surface area contributed by atoms with Crippen LogP contribution < -0.4 is 16.4 Å². The third kappa shape index (κ3) is 4.99. The Kier molecular flexibility index (Phi) is 7.02. The van der Waals surface area contributed by atoms with E-state index in [1.165, 1.54) is 0 Å². The van der Waals surface area contributed by atoms with Crippen molar-refractivity contribution in [2.75, 3.05) is 18.7 Å². The molecule has 2 fully saturated rings. The Hall–Kier alpha value is -3.27. The Balaban J connectivity index is 1.42. The van der Waals surface area contributed by atoms with E-state index in [0.29, 0.717) is 24.6 Å². The molecule has 3 unspecified atom stereocenters. The molecule has 37 heavy (non-hydrogen) atoms. The maximum Gasteiger partial charge on any atom is 0.258 e. The van der Waals surface area contributed by atoms with Gasteiger partial charge >= 0.3 is 0 Å². The number of aliphatic hydroxyl groups is 1. The minimum Gasteiger partial charge on any atom is -0.394 e. The molecular weight excluding hydrogens is 472 g/mol. The van der Waals surface area contributed by atoms with Gasteiger partial charge in [0.15, 0.2) is 5.60 Å². The lowest BCUT2D eigenvalue weighted by atomic mass is 9.93. The van der Waals surface area contributed by atoms with Crippen molar-refractivity contribution >= 4 is 23.4 Å². The highest BCUT2D eigenvalue weighted by Gasteiger charge is 2.54. The first-order valence-corrected chi connectivity index (χ1v) is 12.9. The molecule has 5 rings (SSSR count). The first kappa shape index (κ1) is 25.4. The minimum atomic E-state index is -1.14. The summed E-state index contributed by atoms with van der Waals surface area (Å²) in [5.74, 6) is -0.442. The molecule has 0 bridgehead atoms. The first-order chi connectivity index (χ1) is 17.8. The van der Waals surface area contributed by atoms with Crippen LogP contribution >= 0.6 is 0 Å². The maximum absolute atomic E-state index is 13.8. The van der Waals surface area contributed by atoms with Crippen molar-refractivity contribution in [3.05, 3.63) is 65.2 Å². The normalized spacial score (nSPS) is 23.9. The number of aliphatic hydroxyl groups excluding tert-OH is 1. The van der Waals surface area contributed by atoms with E-state index in [1.54, 1.807) is 18.2 Å². The van der Waals surface area contributed by atoms with E-state index in [-0.39, 0.29) is 36.9 Å². The summed E-state index contributed by atoms with van der Waals surface area (Å²) in [6, 6.07) is 14.3. The SMILES string of the molecule is C[C@@H](C1CC1)N(Cc1ccccc1)C(=O)CC1CC2(OCNC2=O)c2ccc(NC(=O)C(N)CO)cc21. The van der Waals surface area contributed by atoms with Crippen LogP contribution in [0.5, 0.6) is 0 Å². The van der Waals surface area contributed by atoms with Crippen molar-refractivity contribution in [1.29, 1.82) is 0 Å². The second-order valence-electron chi connectivity index (χ2n) is 10.4. The van der Waals surface area contributed by atoms with Crippen LogP contribution in [0, 0.1) is 5.92 Å². The fourth-order valence-electron chi connectivity index (χ4n) is 5.60. The average molecular weight is 507 g/mol. The standard InChI is InChI=1S/C28H34N4O5/c1-17(19-7-8-19)32(14-18-5-3-2-4-6-18)25(34)11-20-13-28(27(36)30-16-37-28)23-10-9-21(12-22(20)23)31-26(35)24(29)15-33/h2-6,9-10,12,17,19-20,24,33H,7-8,11,13-16,29H2,1H3,(H,30,36)(H,31,35)/t17-,20?,24?,28?/m0/s1. The molecule has 2 aromatic rings. The summed E-state index contributed by atoms with van der Waals surface area (Å²) in [4.78, 5) is 41.0. The summed E-state index contributed by atoms with van der Waals surface area (Å²) in [5.41, 5.74) is 7.60. The van der Waals surface area contributed by atoms with Gasteiger partial charge in [0.25, 0.3) is 5.91 Å². The van der Waals surface area contributed by atoms with Gasteiger partial charge in [0.05, 0.1) is 6.61 Å². The lowest BCUT2D eigenvalue weighted by molar-refractivity contribution is -0.137. The van der Waals surface area contributed by atoms with Crippen molar-refractivity contribution in [1.82, 2.24) is 10.2 Å². The van der Waals surface area contributed by atoms with Gasteiger partial charge in [-0.3, -0.25) is 14.4 Å². The third-order valence-corrected chi connectivity index (χ3v) is 7.91. The highest BCUT2D eigenvalue weighted by molar-refractivity contribution is 5.95. The molecule has 1 aliphatic heterocycles. The Labute approximate surface area is 216 Å². The van der Waals surface area contributed by atoms with Gasteiger partial charge < -0.3 is 31.1 Å². The van der Waals surface area contributed by atoms with Crippen LogP contribution in [0.3, 0.4) is 0 Å². The maximum atomic E-state index is 13.8. The van der Waals surface area contributed by atoms with Gasteiger partial charge in [0.2, 0.25) is 11.8 Å². The molecule has 3 amide bonds. The monoisotopic (exact) mass is 506 g/mol. The molecule has 0 aromatic heterocycles. The highest BCUT2D eigenvalue weighted by Crippen LogP contribution is 2.51. The fraction of sp³-hybridized carbons (Fsp3) is 0.464. The molecule has 4 atom stereocenters. The molecule has 2 aromatic carbocycles. The molecule has 9 nitrogen and oxygen atoms in total. The van der Waals surface area contributed by atoms with Gasteiger partial charge in [0, 0.05) is 24.7 Å². The quantitative estimate of drug-likeness (QED) is 0.411. The van der Waals surface area contributed by atoms with E-state index in [1.807, 2.05) is 35.2 Å². The van der Waals surface area contributed by atoms with Crippen LogP contribution in [0.4, 0.5) is 5.69 Å². The van der Waals surface area contributed by atoms with E-state index in [2.05, 4.69) is 17.6 Å². The number of carbonyl (C=O) groups excluding carboxylic acids is 3. The molecule has 0 radical (unpaired) electrons. The predicted octanol–water partition coefficient (Wildman–Crippen LogP) is 1.95. The molecule has 9 heteroatoms. The molecule has 196 valence electrons. The Morgan fingerprint density at radius 2 is 2.00 bits per heavy atom. The molecule has 2 aliphatic carbocycles. The summed E-state index contributed by atoms with van der Waals surface area (Å²) >= 11 is 0. The summed E-state index contributed by atoms with van der Waals surface area (Å²) in [6.45, 7) is 2.30. The van der Waals surface area contributed by atoms with Crippen LogP contribution in [0.15, 0.2) is 48.5 Å². The second kappa shape index (κ2) is 10.2. The van der Waals surface area contributed by atoms with Crippen LogP contribution in [0.2, 0.25) is 0 Å². The van der Waals surface area contributed by atoms with Gasteiger partial charge in [-0.1, -0.05) is 36.4 Å². The Morgan fingerprint density at radius 3 is 2.65 bits per heavy atom. The van der Waals surface area contributed by atoms with Crippen LogP contribution in [-0.2, 0) is 31.3 Å². The van der Waals surface area contributed by atoms with Crippen molar-refractivity contribution < 1.29 is 24.2 Å². The highest BCUT2D eigenvalue weighted by atomic mass is 16.5. The zero-order valence-electron chi connectivity index (χ0n) is 21.0. The van der Waals surface area contributed by atoms with E-state index >= 15 is 0 Å². The second-order valence-corrected chi connectivity index (χ2v) is 10.4. The number of hydrogen-bond acceptors (Lipinski definition) is 6. The molecule has 1 heterocycles. The predicted molar refractivity (Wildman–Crippen MR) is 137 cm³/mol. The molecule has 1 saturated carbocycles. The summed E-state index contributed by atoms with van der Waals surface area (Å²) in [6.07, 6.45) is 2.83. The van der Waals surface area contributed by atoms with Crippen molar-refractivity contribution in [2.24, 2.45) is 11.7 Å². The number of anilines is 1. The molecule has 1 saturated heterocycles. The number of benzene rings is 2. The molecule has 3 aliphatic rings. The van der Waals surface area contributed by atoms with E-state index in [4.69, 9.17) is 10.5 Å². The number of fused-ring (bicyclic) bond motifs is 2. The fourth-order valence-corrected chi connectivity index (χ4v) is 5.60. The zero-order chi connectivity index (χ0) is 26.2. The number of hydrogen-bond donors (Lipinski definition) is 4. The van der Waals surface area contributed by atoms with Crippen LogP contribution in [-0.4, -0.2) is 53.1 Å². The first-order valence-electron chi connectivity index (χ1n) is 12.9. The van der Waals surface area contributed by atoms with E-state index < -0.39 is 24.2 Å². The number of amides is 3. The van der Waals surface area contributed by atoms with Crippen LogP contribution in [0.25, 0.3) is 0 Å². The number of carbonyl (C=O) groups is 3. The lowest BCUT2D eigenvalue weighted by Gasteiger charge is -2.31. The Morgan fingerprint density at radius 1 is 1.24 bits per heavy atom. The van der Waals surface area contributed by atoms with Gasteiger partial charge in [-0.15, -0.1) is 0 Å². The van der Waals surface area contributed by atoms with E-state index in [0.717, 1.165) is 29.5 Å². The van der Waals surface area contributed by atoms with Crippen LogP contribution in [0.1, 0.15) is 55.2 Å². The van der Waals surface area contributed by atoms with Gasteiger partial charge in [0.1, 0.15) is 12.8 Å². The van der Waals surface area contributed by atoms with Crippen molar-refractivity contribution in [3.8, 4) is 0 Å². The van der Waals surface area contributed by atoms with Crippen molar-refractivity contribution in [2.45, 2.75) is 62.8 Å². The summed E-state index contributed by atoms with van der Waals surface area (Å²) < 4.78 is 5.95. The number of nitrogens with two attached hydrogens (primary N) is 1. The average Bonchev–Trinajstić information content (AvgIpc) is 3.63. The summed E-state index contributed by atoms with van der Waals surface area (Å²) in [7, 11) is 0. The number of rotatable bonds is 9. The van der Waals surface area contributed by atoms with Crippen molar-refractivity contribution in [3.63, 3.8) is 0 Å². The lowest BCUT2D eigenvalue weighted by Crippen LogP contribution is -2.40. The number of nitrogens with zero attached hydrogens (tertiary/aromatic N) is 1. The molecular formula is C28H34N4O5. The zero-order valence-corrected chi connectivity index (χ0v) is 21.0. The number of nitrogens with one attached hydrogen (secondary N) is 2. The van der Waals surface area contributed by atoms with E-state index in [9.17, 15) is 19.5 Å². The van der Waals surface area contributed by atoms with Gasteiger partial charge in [-0.2, -0.15) is 0 Å². The minimum absolute atomic E-state index is 0.0337. The number of ether oxygens (including phenoxy) is 1. The smallest absolute Gasteiger partial charge is 0.258 e. The Bertz CT molecular complexity index is 1180. The van der Waals surface area contributed by atoms with Gasteiger partial charge in [-0.25, -0.2) is 0 Å². The largest absolute Gasteiger partial charge is 0.394 e. The van der Waals surface area contributed by atoms with Gasteiger partial charge in [-0.05, 0) is 66.8 Å². The molecule has 5 N–H and O–H groups in total. The topological polar surface area (TPSA) is 134 Å². The third-order valence-electron chi connectivity index (χ3n) is 7.91.